The smallest absolute Gasteiger partial charge is 0.0654 e. The summed E-state index contributed by atoms with van der Waals surface area (Å²) in [4.78, 5) is 3.58. The summed E-state index contributed by atoms with van der Waals surface area (Å²) in [5, 5.41) is 5.32. The van der Waals surface area contributed by atoms with Crippen LogP contribution in [-0.4, -0.2) is 4.98 Å². The maximum atomic E-state index is 3.58. The Bertz CT molecular complexity index is 1090. The van der Waals surface area contributed by atoms with Gasteiger partial charge in [0.2, 0.25) is 0 Å². The van der Waals surface area contributed by atoms with Crippen LogP contribution >= 0.6 is 11.3 Å². The lowest BCUT2D eigenvalue weighted by atomic mass is 10.1. The maximum Gasteiger partial charge on any atom is 0.0654 e. The van der Waals surface area contributed by atoms with E-state index in [1.807, 2.05) is 11.3 Å². The van der Waals surface area contributed by atoms with Crippen LogP contribution in [0.3, 0.4) is 0 Å². The van der Waals surface area contributed by atoms with Crippen LogP contribution < -0.4 is 0 Å². The average molecular weight is 273 g/mol. The monoisotopic (exact) mass is 273 g/mol. The number of hydrogen-bond donors (Lipinski definition) is 1. The molecule has 5 rings (SSSR count). The Balaban J connectivity index is 2.08. The molecule has 0 fully saturated rings. The van der Waals surface area contributed by atoms with E-state index in [0.717, 1.165) is 0 Å². The highest BCUT2D eigenvalue weighted by Gasteiger charge is 2.12. The molecule has 0 atom stereocenters. The van der Waals surface area contributed by atoms with Gasteiger partial charge in [0.05, 0.1) is 10.2 Å². The molecule has 1 N–H and O–H groups in total. The van der Waals surface area contributed by atoms with Gasteiger partial charge in [0.1, 0.15) is 0 Å². The number of fused-ring (bicyclic) bond motifs is 7. The van der Waals surface area contributed by atoms with Crippen LogP contribution in [0.15, 0.2) is 60.7 Å². The predicted molar refractivity (Wildman–Crippen MR) is 88.7 cm³/mol. The van der Waals surface area contributed by atoms with E-state index in [9.17, 15) is 0 Å². The summed E-state index contributed by atoms with van der Waals surface area (Å²) in [6.07, 6.45) is 0. The summed E-state index contributed by atoms with van der Waals surface area (Å²) < 4.78 is 2.75. The number of aromatic nitrogens is 1. The standard InChI is InChI=1S/C18H11NS/c1-2-6-12-11(5-1)9-10-14-16-18(20-17(12)14)13-7-3-4-8-15(13)19-16/h1-10,19H. The van der Waals surface area contributed by atoms with E-state index in [2.05, 4.69) is 65.6 Å². The molecule has 0 amide bonds. The topological polar surface area (TPSA) is 15.8 Å². The van der Waals surface area contributed by atoms with Crippen molar-refractivity contribution in [3.05, 3.63) is 60.7 Å². The van der Waals surface area contributed by atoms with Gasteiger partial charge in [-0.15, -0.1) is 11.3 Å². The van der Waals surface area contributed by atoms with Gasteiger partial charge in [-0.25, -0.2) is 0 Å². The van der Waals surface area contributed by atoms with Crippen molar-refractivity contribution in [3.8, 4) is 0 Å². The van der Waals surface area contributed by atoms with E-state index in [1.165, 1.54) is 42.0 Å². The molecular weight excluding hydrogens is 262 g/mol. The van der Waals surface area contributed by atoms with Crippen LogP contribution in [-0.2, 0) is 0 Å². The average Bonchev–Trinajstić information content (AvgIpc) is 3.03. The second kappa shape index (κ2) is 3.62. The molecule has 2 heterocycles. The van der Waals surface area contributed by atoms with Gasteiger partial charge in [0.25, 0.3) is 0 Å². The van der Waals surface area contributed by atoms with Crippen molar-refractivity contribution in [3.63, 3.8) is 0 Å². The van der Waals surface area contributed by atoms with Crippen molar-refractivity contribution in [2.75, 3.05) is 0 Å². The van der Waals surface area contributed by atoms with E-state index in [1.54, 1.807) is 0 Å². The number of aromatic amines is 1. The van der Waals surface area contributed by atoms with E-state index in [-0.39, 0.29) is 0 Å². The highest BCUT2D eigenvalue weighted by atomic mass is 32.1. The first kappa shape index (κ1) is 10.5. The maximum absolute atomic E-state index is 3.58. The van der Waals surface area contributed by atoms with Gasteiger partial charge >= 0.3 is 0 Å². The molecule has 3 aromatic carbocycles. The molecule has 0 aliphatic rings. The molecule has 0 spiro atoms. The quantitative estimate of drug-likeness (QED) is 0.373. The Labute approximate surface area is 119 Å². The van der Waals surface area contributed by atoms with E-state index < -0.39 is 0 Å². The number of rotatable bonds is 0. The van der Waals surface area contributed by atoms with Gasteiger partial charge in [-0.3, -0.25) is 0 Å². The first-order valence-electron chi connectivity index (χ1n) is 6.72. The van der Waals surface area contributed by atoms with Crippen LogP contribution in [0.5, 0.6) is 0 Å². The Hall–Kier alpha value is -2.32. The first-order chi connectivity index (χ1) is 9.92. The molecule has 0 saturated heterocycles. The number of H-pyrrole nitrogens is 1. The van der Waals surface area contributed by atoms with Crippen LogP contribution in [0.2, 0.25) is 0 Å². The van der Waals surface area contributed by atoms with Gasteiger partial charge in [-0.2, -0.15) is 0 Å². The molecule has 0 bridgehead atoms. The molecule has 20 heavy (non-hydrogen) atoms. The predicted octanol–water partition coefficient (Wildman–Crippen LogP) is 5.69. The molecule has 0 radical (unpaired) electrons. The first-order valence-corrected chi connectivity index (χ1v) is 7.54. The molecular formula is C18H11NS. The number of benzene rings is 3. The number of hydrogen-bond acceptors (Lipinski definition) is 1. The highest BCUT2D eigenvalue weighted by Crippen LogP contribution is 2.41. The summed E-state index contributed by atoms with van der Waals surface area (Å²) in [5.41, 5.74) is 2.50. The Morgan fingerprint density at radius 1 is 0.650 bits per heavy atom. The van der Waals surface area contributed by atoms with E-state index in [4.69, 9.17) is 0 Å². The van der Waals surface area contributed by atoms with Gasteiger partial charge < -0.3 is 4.98 Å². The second-order valence-corrected chi connectivity index (χ2v) is 6.16. The molecule has 2 aromatic heterocycles. The van der Waals surface area contributed by atoms with E-state index in [0.29, 0.717) is 0 Å². The normalized spacial score (nSPS) is 12.0. The van der Waals surface area contributed by atoms with Crippen molar-refractivity contribution < 1.29 is 0 Å². The van der Waals surface area contributed by atoms with Crippen molar-refractivity contribution in [2.24, 2.45) is 0 Å². The molecule has 5 aromatic rings. The Morgan fingerprint density at radius 3 is 2.40 bits per heavy atom. The fourth-order valence-electron chi connectivity index (χ4n) is 3.06. The van der Waals surface area contributed by atoms with Gasteiger partial charge in [0.15, 0.2) is 0 Å². The number of para-hydroxylation sites is 1. The van der Waals surface area contributed by atoms with Crippen LogP contribution in [0.1, 0.15) is 0 Å². The third-order valence-corrected chi connectivity index (χ3v) is 5.28. The molecule has 1 nitrogen and oxygen atoms in total. The zero-order valence-electron chi connectivity index (χ0n) is 10.7. The molecule has 0 unspecified atom stereocenters. The Kier molecular flexibility index (Phi) is 1.89. The summed E-state index contributed by atoms with van der Waals surface area (Å²) in [6.45, 7) is 0. The van der Waals surface area contributed by atoms with Crippen molar-refractivity contribution >= 4 is 53.3 Å². The van der Waals surface area contributed by atoms with Crippen molar-refractivity contribution in [1.82, 2.24) is 4.98 Å². The van der Waals surface area contributed by atoms with Gasteiger partial charge in [-0.1, -0.05) is 54.6 Å². The molecule has 0 saturated carbocycles. The van der Waals surface area contributed by atoms with E-state index >= 15 is 0 Å². The van der Waals surface area contributed by atoms with Crippen LogP contribution in [0.4, 0.5) is 0 Å². The lowest BCUT2D eigenvalue weighted by molar-refractivity contribution is 1.57. The van der Waals surface area contributed by atoms with Crippen LogP contribution in [0, 0.1) is 0 Å². The van der Waals surface area contributed by atoms with Crippen LogP contribution in [0.25, 0.3) is 42.0 Å². The highest BCUT2D eigenvalue weighted by molar-refractivity contribution is 7.27. The third kappa shape index (κ3) is 1.22. The summed E-state index contributed by atoms with van der Waals surface area (Å²) in [5.74, 6) is 0. The zero-order chi connectivity index (χ0) is 13.1. The minimum atomic E-state index is 1.23. The fraction of sp³-hybridized carbons (Fsp3) is 0. The lowest BCUT2D eigenvalue weighted by Crippen LogP contribution is -1.72. The molecule has 2 heteroatoms. The Morgan fingerprint density at radius 2 is 1.45 bits per heavy atom. The second-order valence-electron chi connectivity index (χ2n) is 5.14. The number of nitrogens with one attached hydrogen (secondary N) is 1. The zero-order valence-corrected chi connectivity index (χ0v) is 11.5. The van der Waals surface area contributed by atoms with Crippen molar-refractivity contribution in [1.29, 1.82) is 0 Å². The minimum absolute atomic E-state index is 1.23. The summed E-state index contributed by atoms with van der Waals surface area (Å²) in [7, 11) is 0. The third-order valence-electron chi connectivity index (χ3n) is 4.01. The fourth-order valence-corrected chi connectivity index (χ4v) is 4.39. The largest absolute Gasteiger partial charge is 0.353 e. The molecule has 94 valence electrons. The molecule has 0 aliphatic heterocycles. The van der Waals surface area contributed by atoms with Crippen molar-refractivity contribution in [2.45, 2.75) is 0 Å². The molecule has 0 aliphatic carbocycles. The number of thiophene rings is 1. The minimum Gasteiger partial charge on any atom is -0.353 e. The summed E-state index contributed by atoms with van der Waals surface area (Å²) >= 11 is 1.90. The summed E-state index contributed by atoms with van der Waals surface area (Å²) in [6, 6.07) is 21.6. The van der Waals surface area contributed by atoms with Gasteiger partial charge in [-0.05, 0) is 16.8 Å². The lowest BCUT2D eigenvalue weighted by Gasteiger charge is -1.98. The SMILES string of the molecule is c1ccc2c(c1)ccc1c3[nH]c4ccccc4c3sc21. The van der Waals surface area contributed by atoms with Gasteiger partial charge in [0, 0.05) is 21.0 Å².